The van der Waals surface area contributed by atoms with Crippen LogP contribution >= 0.6 is 48.0 Å². The zero-order valence-corrected chi connectivity index (χ0v) is 37.2. The van der Waals surface area contributed by atoms with E-state index < -0.39 is 22.3 Å². The first-order chi connectivity index (χ1) is 23.6. The van der Waals surface area contributed by atoms with E-state index in [4.69, 9.17) is 23.2 Å². The van der Waals surface area contributed by atoms with Gasteiger partial charge in [0.1, 0.15) is 0 Å². The van der Waals surface area contributed by atoms with Gasteiger partial charge in [-0.3, -0.25) is 12.2 Å². The Morgan fingerprint density at radius 1 is 0.654 bits per heavy atom. The predicted octanol–water partition coefficient (Wildman–Crippen LogP) is 13.7. The second-order valence-electron chi connectivity index (χ2n) is 15.2. The molecule has 0 saturated heterocycles. The summed E-state index contributed by atoms with van der Waals surface area (Å²) in [7, 11) is 0. The Morgan fingerprint density at radius 3 is 1.62 bits per heavy atom. The second kappa shape index (κ2) is 17.0. The van der Waals surface area contributed by atoms with Crippen molar-refractivity contribution < 1.29 is 22.3 Å². The molecule has 4 aromatic rings. The molecule has 0 spiro atoms. The van der Waals surface area contributed by atoms with E-state index in [0.29, 0.717) is 5.92 Å². The van der Waals surface area contributed by atoms with Gasteiger partial charge in [0.05, 0.1) is 0 Å². The Balaban J connectivity index is 0.000000195. The Bertz CT molecular complexity index is 2020. The molecular weight excluding hydrogens is 798 g/mol. The number of halogens is 4. The standard InChI is InChI=1S/C25H25.C8H11.2C7H5Cl.2ClH.Zr/c1-14-12-24(3,4)22-8-16-7-17-9-23-19(15(2)13-25(23,5)6)11-21(17)20(16)10-18(14)22;1-6-4-7(2)8(3)5-6;2*1-6-2-4-7(8)5-3-6;;;/h8-12H,7H2,1-6H3;4,6H,1-3H3;2*1-5H;2*1H;/q2*-1;;;;;. The van der Waals surface area contributed by atoms with Crippen LogP contribution in [-0.4, -0.2) is 7.42 Å². The van der Waals surface area contributed by atoms with Gasteiger partial charge in [0, 0.05) is 5.41 Å². The maximum absolute atomic E-state index is 5.84. The number of hydrogen-bond donors (Lipinski definition) is 0. The van der Waals surface area contributed by atoms with Crippen LogP contribution in [0.1, 0.15) is 107 Å². The first-order valence-corrected chi connectivity index (χ1v) is 21.1. The van der Waals surface area contributed by atoms with Gasteiger partial charge in [-0.05, 0) is 58.4 Å². The fourth-order valence-corrected chi connectivity index (χ4v) is 9.97. The number of fused-ring (bicyclic) bond motifs is 5. The molecule has 0 heterocycles. The van der Waals surface area contributed by atoms with Gasteiger partial charge in [0.25, 0.3) is 0 Å². The van der Waals surface area contributed by atoms with Crippen molar-refractivity contribution >= 4 is 66.6 Å². The average molecular weight is 846 g/mol. The van der Waals surface area contributed by atoms with Crippen molar-refractivity contribution in [2.45, 2.75) is 79.6 Å². The molecule has 0 N–H and O–H groups in total. The summed E-state index contributed by atoms with van der Waals surface area (Å²) in [4.78, 5) is 0. The summed E-state index contributed by atoms with van der Waals surface area (Å²) in [5.41, 5.74) is 19.8. The van der Waals surface area contributed by atoms with Gasteiger partial charge in [-0.2, -0.15) is 11.6 Å². The quantitative estimate of drug-likeness (QED) is 0.155. The van der Waals surface area contributed by atoms with Gasteiger partial charge in [-0.15, -0.1) is 43.4 Å². The van der Waals surface area contributed by atoms with Crippen molar-refractivity contribution in [2.24, 2.45) is 5.92 Å². The minimum atomic E-state index is -0.623. The van der Waals surface area contributed by atoms with E-state index in [1.165, 1.54) is 77.9 Å². The first-order valence-electron chi connectivity index (χ1n) is 17.5. The van der Waals surface area contributed by atoms with E-state index >= 15 is 0 Å². The molecule has 5 heteroatoms. The van der Waals surface area contributed by atoms with Crippen LogP contribution in [0.2, 0.25) is 10.0 Å². The van der Waals surface area contributed by atoms with Gasteiger partial charge in [-0.1, -0.05) is 78.0 Å². The molecule has 0 nitrogen and oxygen atoms in total. The summed E-state index contributed by atoms with van der Waals surface area (Å²) in [5.74, 6) is 0.551. The summed E-state index contributed by atoms with van der Waals surface area (Å²) in [6.07, 6.45) is 12.7. The maximum atomic E-state index is 5.84. The number of rotatable bonds is 2. The van der Waals surface area contributed by atoms with Crippen LogP contribution in [0, 0.1) is 18.1 Å². The summed E-state index contributed by atoms with van der Waals surface area (Å²) in [5, 5.41) is 1.57. The molecule has 1 unspecified atom stereocenters. The summed E-state index contributed by atoms with van der Waals surface area (Å²) in [6.45, 7) is 20.1. The van der Waals surface area contributed by atoms with Crippen LogP contribution < -0.4 is 0 Å². The van der Waals surface area contributed by atoms with Crippen molar-refractivity contribution in [1.82, 2.24) is 0 Å². The van der Waals surface area contributed by atoms with Gasteiger partial charge < -0.3 is 0 Å². The molecule has 0 aromatic heterocycles. The van der Waals surface area contributed by atoms with E-state index in [1.54, 1.807) is 0 Å². The van der Waals surface area contributed by atoms with Crippen LogP contribution in [0.25, 0.3) is 22.3 Å². The first kappa shape index (κ1) is 42.4. The summed E-state index contributed by atoms with van der Waals surface area (Å²) >= 11 is 11.0. The molecule has 0 saturated carbocycles. The number of hydrogen-bond acceptors (Lipinski definition) is 0. The van der Waals surface area contributed by atoms with Crippen molar-refractivity contribution in [2.75, 3.05) is 0 Å². The van der Waals surface area contributed by atoms with E-state index in [9.17, 15) is 0 Å². The third-order valence-corrected chi connectivity index (χ3v) is 13.2. The van der Waals surface area contributed by atoms with E-state index in [2.05, 4.69) is 143 Å². The van der Waals surface area contributed by atoms with E-state index in [0.717, 1.165) is 16.5 Å². The SMILES string of the molecule is CC1=[C-]C(C)(C)c2cc3c(cc21)-c1cc2c(cc1C3)C(C)(C)C=C2C.CC1=[C-]C(C)C=C1C.Cl.Cl.Clc1ccc([CH]=[Zr]=[CH]c2ccc(Cl)cc2)cc1. The number of benzene rings is 4. The molecule has 0 bridgehead atoms. The van der Waals surface area contributed by atoms with Crippen molar-refractivity contribution in [3.8, 4) is 11.1 Å². The van der Waals surface area contributed by atoms with Crippen LogP contribution in [0.3, 0.4) is 0 Å². The van der Waals surface area contributed by atoms with Crippen LogP contribution in [0.5, 0.6) is 0 Å². The van der Waals surface area contributed by atoms with Gasteiger partial charge in [-0.25, -0.2) is 16.7 Å². The fourth-order valence-electron chi connectivity index (χ4n) is 7.62. The average Bonchev–Trinajstić information content (AvgIpc) is 3.71. The van der Waals surface area contributed by atoms with Crippen LogP contribution in [-0.2, 0) is 39.5 Å². The van der Waals surface area contributed by atoms with Crippen LogP contribution in [0.15, 0.2) is 96.1 Å². The van der Waals surface area contributed by atoms with E-state index in [-0.39, 0.29) is 35.6 Å². The molecule has 8 rings (SSSR count). The molecule has 4 aliphatic rings. The van der Waals surface area contributed by atoms with Crippen molar-refractivity contribution in [1.29, 1.82) is 0 Å². The number of allylic oxidation sites excluding steroid dienone is 8. The molecule has 0 aliphatic heterocycles. The molecule has 52 heavy (non-hydrogen) atoms. The van der Waals surface area contributed by atoms with Gasteiger partial charge >= 0.3 is 123 Å². The normalized spacial score (nSPS) is 17.2. The Kier molecular flexibility index (Phi) is 13.8. The van der Waals surface area contributed by atoms with E-state index in [1.807, 2.05) is 24.3 Å². The molecule has 1 atom stereocenters. The second-order valence-corrected chi connectivity index (χ2v) is 18.3. The molecule has 270 valence electrons. The topological polar surface area (TPSA) is 0 Å². The van der Waals surface area contributed by atoms with Crippen LogP contribution in [0.4, 0.5) is 0 Å². The predicted molar refractivity (Wildman–Crippen MR) is 230 cm³/mol. The Hall–Kier alpha value is -2.38. The monoisotopic (exact) mass is 842 g/mol. The molecular formula is C47H48Cl4Zr-2. The zero-order valence-electron chi connectivity index (χ0n) is 31.6. The van der Waals surface area contributed by atoms with Gasteiger partial charge in [0.15, 0.2) is 0 Å². The van der Waals surface area contributed by atoms with Crippen molar-refractivity contribution in [3.05, 3.63) is 163 Å². The minimum absolute atomic E-state index is 0. The molecule has 0 radical (unpaired) electrons. The summed E-state index contributed by atoms with van der Waals surface area (Å²) < 4.78 is 4.66. The van der Waals surface area contributed by atoms with Gasteiger partial charge in [0.2, 0.25) is 0 Å². The molecule has 4 aliphatic carbocycles. The third kappa shape index (κ3) is 9.28. The summed E-state index contributed by atoms with van der Waals surface area (Å²) in [6, 6.07) is 25.7. The Labute approximate surface area is 345 Å². The Morgan fingerprint density at radius 2 is 1.15 bits per heavy atom. The zero-order chi connectivity index (χ0) is 36.0. The molecule has 0 fully saturated rings. The third-order valence-electron chi connectivity index (χ3n) is 10.2. The van der Waals surface area contributed by atoms with Crippen molar-refractivity contribution in [3.63, 3.8) is 0 Å². The molecule has 0 amide bonds. The fraction of sp³-hybridized carbons (Fsp3) is 0.277. The molecule has 4 aromatic carbocycles.